The summed E-state index contributed by atoms with van der Waals surface area (Å²) in [5, 5.41) is 0. The van der Waals surface area contributed by atoms with Gasteiger partial charge in [-0.2, -0.15) is 0 Å². The molecule has 0 atom stereocenters. The first-order chi connectivity index (χ1) is 9.40. The highest BCUT2D eigenvalue weighted by molar-refractivity contribution is 9.10. The normalized spacial score (nSPS) is 11.7. The van der Waals surface area contributed by atoms with Crippen LogP contribution in [0.1, 0.15) is 31.9 Å². The molecule has 0 aromatic heterocycles. The molecule has 2 rings (SSSR count). The molecule has 0 radical (unpaired) electrons. The molecule has 0 amide bonds. The van der Waals surface area contributed by atoms with Crippen LogP contribution in [0.2, 0.25) is 0 Å². The molecule has 0 unspecified atom stereocenters. The predicted molar refractivity (Wildman–Crippen MR) is 91.3 cm³/mol. The third-order valence-electron chi connectivity index (χ3n) is 3.18. The number of halogens is 1. The summed E-state index contributed by atoms with van der Waals surface area (Å²) in [5.74, 6) is 0. The van der Waals surface area contributed by atoms with Gasteiger partial charge in [-0.1, -0.05) is 50.7 Å². The van der Waals surface area contributed by atoms with E-state index in [9.17, 15) is 0 Å². The first-order valence-corrected chi connectivity index (χ1v) is 8.28. The third kappa shape index (κ3) is 3.87. The highest BCUT2D eigenvalue weighted by Gasteiger charge is 2.13. The lowest BCUT2D eigenvalue weighted by Crippen LogP contribution is -2.10. The van der Waals surface area contributed by atoms with Crippen LogP contribution in [0.5, 0.6) is 0 Å². The number of benzene rings is 2. The van der Waals surface area contributed by atoms with Gasteiger partial charge in [0.25, 0.3) is 0 Å². The number of rotatable bonds is 3. The van der Waals surface area contributed by atoms with E-state index in [0.29, 0.717) is 6.54 Å². The molecule has 0 saturated heterocycles. The van der Waals surface area contributed by atoms with E-state index in [-0.39, 0.29) is 5.41 Å². The van der Waals surface area contributed by atoms with Gasteiger partial charge in [0, 0.05) is 20.8 Å². The molecule has 0 heterocycles. The van der Waals surface area contributed by atoms with Crippen molar-refractivity contribution in [1.82, 2.24) is 0 Å². The summed E-state index contributed by atoms with van der Waals surface area (Å²) in [4.78, 5) is 2.46. The Morgan fingerprint density at radius 1 is 1.05 bits per heavy atom. The SMILES string of the molecule is CC(C)(C)c1ccc(Sc2ccc(CN)cc2Br)cc1. The summed E-state index contributed by atoms with van der Waals surface area (Å²) in [5.41, 5.74) is 8.36. The van der Waals surface area contributed by atoms with Crippen molar-refractivity contribution in [2.24, 2.45) is 5.73 Å². The molecule has 1 nitrogen and oxygen atoms in total. The van der Waals surface area contributed by atoms with E-state index in [0.717, 1.165) is 10.0 Å². The van der Waals surface area contributed by atoms with Crippen LogP contribution in [0.4, 0.5) is 0 Å². The Balaban J connectivity index is 2.18. The van der Waals surface area contributed by atoms with Gasteiger partial charge in [0.1, 0.15) is 0 Å². The largest absolute Gasteiger partial charge is 0.326 e. The Morgan fingerprint density at radius 2 is 1.70 bits per heavy atom. The molecule has 20 heavy (non-hydrogen) atoms. The van der Waals surface area contributed by atoms with Crippen LogP contribution >= 0.6 is 27.7 Å². The predicted octanol–water partition coefficient (Wildman–Crippen LogP) is 5.36. The summed E-state index contributed by atoms with van der Waals surface area (Å²) in [7, 11) is 0. The lowest BCUT2D eigenvalue weighted by molar-refractivity contribution is 0.590. The van der Waals surface area contributed by atoms with Crippen LogP contribution in [0.3, 0.4) is 0 Å². The number of nitrogens with two attached hydrogens (primary N) is 1. The maximum atomic E-state index is 5.65. The monoisotopic (exact) mass is 349 g/mol. The van der Waals surface area contributed by atoms with Gasteiger partial charge >= 0.3 is 0 Å². The average molecular weight is 350 g/mol. The van der Waals surface area contributed by atoms with Crippen molar-refractivity contribution in [3.63, 3.8) is 0 Å². The van der Waals surface area contributed by atoms with E-state index in [1.807, 2.05) is 0 Å². The second-order valence-corrected chi connectivity index (χ2v) is 7.82. The smallest absolute Gasteiger partial charge is 0.0318 e. The summed E-state index contributed by atoms with van der Waals surface area (Å²) in [6.07, 6.45) is 0. The summed E-state index contributed by atoms with van der Waals surface area (Å²) >= 11 is 5.38. The van der Waals surface area contributed by atoms with Crippen LogP contribution in [-0.2, 0) is 12.0 Å². The van der Waals surface area contributed by atoms with Gasteiger partial charge in [0.2, 0.25) is 0 Å². The molecule has 3 heteroatoms. The standard InChI is InChI=1S/C17H20BrNS/c1-17(2,3)13-5-7-14(8-6-13)20-16-9-4-12(11-19)10-15(16)18/h4-10H,11,19H2,1-3H3. The van der Waals surface area contributed by atoms with Gasteiger partial charge in [-0.05, 0) is 56.7 Å². The van der Waals surface area contributed by atoms with Crippen LogP contribution in [0.25, 0.3) is 0 Å². The van der Waals surface area contributed by atoms with E-state index in [1.54, 1.807) is 11.8 Å². The zero-order chi connectivity index (χ0) is 14.8. The maximum Gasteiger partial charge on any atom is 0.0318 e. The minimum absolute atomic E-state index is 0.201. The third-order valence-corrected chi connectivity index (χ3v) is 5.18. The molecule has 0 aliphatic rings. The fourth-order valence-corrected chi connectivity index (χ4v) is 3.39. The van der Waals surface area contributed by atoms with Gasteiger partial charge in [-0.25, -0.2) is 0 Å². The Kier molecular flexibility index (Phi) is 4.95. The Hall–Kier alpha value is -0.770. The van der Waals surface area contributed by atoms with Gasteiger partial charge in [-0.15, -0.1) is 0 Å². The van der Waals surface area contributed by atoms with Crippen molar-refractivity contribution in [3.8, 4) is 0 Å². The zero-order valence-electron chi connectivity index (χ0n) is 12.1. The van der Waals surface area contributed by atoms with Gasteiger partial charge in [-0.3, -0.25) is 0 Å². The highest BCUT2D eigenvalue weighted by atomic mass is 79.9. The van der Waals surface area contributed by atoms with E-state index in [1.165, 1.54) is 15.4 Å². The van der Waals surface area contributed by atoms with Crippen molar-refractivity contribution in [2.75, 3.05) is 0 Å². The fourth-order valence-electron chi connectivity index (χ4n) is 1.90. The molecule has 106 valence electrons. The van der Waals surface area contributed by atoms with Gasteiger partial charge in [0.05, 0.1) is 0 Å². The van der Waals surface area contributed by atoms with Crippen molar-refractivity contribution in [1.29, 1.82) is 0 Å². The summed E-state index contributed by atoms with van der Waals surface area (Å²) in [6.45, 7) is 7.27. The molecule has 2 aromatic carbocycles. The van der Waals surface area contributed by atoms with Crippen molar-refractivity contribution in [3.05, 3.63) is 58.1 Å². The molecule has 0 bridgehead atoms. The van der Waals surface area contributed by atoms with Crippen LogP contribution in [0, 0.1) is 0 Å². The van der Waals surface area contributed by atoms with Gasteiger partial charge < -0.3 is 5.73 Å². The molecule has 2 aromatic rings. The first-order valence-electron chi connectivity index (χ1n) is 6.67. The molecule has 2 N–H and O–H groups in total. The zero-order valence-corrected chi connectivity index (χ0v) is 14.5. The van der Waals surface area contributed by atoms with Crippen LogP contribution in [0.15, 0.2) is 56.7 Å². The fraction of sp³-hybridized carbons (Fsp3) is 0.294. The molecular formula is C17H20BrNS. The molecule has 0 spiro atoms. The molecule has 0 aliphatic heterocycles. The van der Waals surface area contributed by atoms with E-state index in [2.05, 4.69) is 79.2 Å². The Morgan fingerprint density at radius 3 is 2.20 bits per heavy atom. The van der Waals surface area contributed by atoms with E-state index < -0.39 is 0 Å². The highest BCUT2D eigenvalue weighted by Crippen LogP contribution is 2.35. The van der Waals surface area contributed by atoms with E-state index >= 15 is 0 Å². The second-order valence-electron chi connectivity index (χ2n) is 5.85. The lowest BCUT2D eigenvalue weighted by atomic mass is 9.87. The van der Waals surface area contributed by atoms with Crippen LogP contribution in [-0.4, -0.2) is 0 Å². The molecule has 0 saturated carbocycles. The molecule has 0 aliphatic carbocycles. The quantitative estimate of drug-likeness (QED) is 0.807. The Bertz CT molecular complexity index is 585. The lowest BCUT2D eigenvalue weighted by Gasteiger charge is -2.19. The average Bonchev–Trinajstić information content (AvgIpc) is 2.40. The number of hydrogen-bond donors (Lipinski definition) is 1. The van der Waals surface area contributed by atoms with E-state index in [4.69, 9.17) is 5.73 Å². The van der Waals surface area contributed by atoms with Gasteiger partial charge in [0.15, 0.2) is 0 Å². The maximum absolute atomic E-state index is 5.65. The number of hydrogen-bond acceptors (Lipinski definition) is 2. The van der Waals surface area contributed by atoms with Crippen molar-refractivity contribution >= 4 is 27.7 Å². The molecular weight excluding hydrogens is 330 g/mol. The summed E-state index contributed by atoms with van der Waals surface area (Å²) < 4.78 is 1.10. The topological polar surface area (TPSA) is 26.0 Å². The molecule has 0 fully saturated rings. The van der Waals surface area contributed by atoms with Crippen LogP contribution < -0.4 is 5.73 Å². The Labute approximate surface area is 134 Å². The van der Waals surface area contributed by atoms with Crippen molar-refractivity contribution in [2.45, 2.75) is 42.5 Å². The van der Waals surface area contributed by atoms with Crippen molar-refractivity contribution < 1.29 is 0 Å². The second kappa shape index (κ2) is 6.33. The first kappa shape index (κ1) is 15.6. The summed E-state index contributed by atoms with van der Waals surface area (Å²) in [6, 6.07) is 15.1. The minimum Gasteiger partial charge on any atom is -0.326 e. The minimum atomic E-state index is 0.201.